The summed E-state index contributed by atoms with van der Waals surface area (Å²) >= 11 is 1.57. The zero-order valence-corrected chi connectivity index (χ0v) is 19.7. The molecule has 4 aromatic rings. The molecular formula is C25H23N5O3S. The number of ether oxygens (including phenoxy) is 2. The lowest BCUT2D eigenvalue weighted by atomic mass is 9.95. The van der Waals surface area contributed by atoms with E-state index in [-0.39, 0.29) is 5.91 Å². The number of thiophene rings is 1. The first-order chi connectivity index (χ1) is 16.6. The number of aromatic nitrogens is 3. The van der Waals surface area contributed by atoms with Crippen LogP contribution in [-0.2, 0) is 4.79 Å². The minimum absolute atomic E-state index is 0.255. The fourth-order valence-corrected chi connectivity index (χ4v) is 4.64. The zero-order valence-electron chi connectivity index (χ0n) is 18.9. The molecule has 1 aliphatic heterocycles. The Balaban J connectivity index is 1.59. The number of nitrogens with one attached hydrogen (secondary N) is 2. The topological polar surface area (TPSA) is 90.3 Å². The number of hydrogen-bond acceptors (Lipinski definition) is 7. The van der Waals surface area contributed by atoms with Crippen LogP contribution in [0.4, 0.5) is 11.6 Å². The Hall–Kier alpha value is -4.11. The van der Waals surface area contributed by atoms with Gasteiger partial charge in [-0.2, -0.15) is 4.98 Å². The van der Waals surface area contributed by atoms with Crippen molar-refractivity contribution in [2.24, 2.45) is 0 Å². The summed E-state index contributed by atoms with van der Waals surface area (Å²) in [4.78, 5) is 19.3. The monoisotopic (exact) mass is 473 g/mol. The van der Waals surface area contributed by atoms with Crippen LogP contribution in [0.15, 0.2) is 77.3 Å². The predicted octanol–water partition coefficient (Wildman–Crippen LogP) is 4.95. The van der Waals surface area contributed by atoms with Gasteiger partial charge >= 0.3 is 0 Å². The van der Waals surface area contributed by atoms with Gasteiger partial charge in [0.05, 0.1) is 30.4 Å². The molecule has 1 aliphatic rings. The summed E-state index contributed by atoms with van der Waals surface area (Å²) in [6.07, 6.45) is 0. The first-order valence-electron chi connectivity index (χ1n) is 10.7. The average molecular weight is 474 g/mol. The summed E-state index contributed by atoms with van der Waals surface area (Å²) in [5.74, 6) is 2.25. The highest BCUT2D eigenvalue weighted by molar-refractivity contribution is 7.13. The molecule has 5 rings (SSSR count). The van der Waals surface area contributed by atoms with Gasteiger partial charge in [-0.3, -0.25) is 4.79 Å². The molecule has 2 aromatic carbocycles. The molecule has 2 aromatic heterocycles. The second-order valence-corrected chi connectivity index (χ2v) is 8.62. The van der Waals surface area contributed by atoms with Gasteiger partial charge in [0.2, 0.25) is 5.95 Å². The van der Waals surface area contributed by atoms with E-state index in [1.165, 1.54) is 0 Å². The Morgan fingerprint density at radius 2 is 1.85 bits per heavy atom. The number of hydrogen-bond donors (Lipinski definition) is 2. The van der Waals surface area contributed by atoms with Crippen molar-refractivity contribution in [2.45, 2.75) is 13.0 Å². The highest BCUT2D eigenvalue weighted by Gasteiger charge is 2.34. The largest absolute Gasteiger partial charge is 0.497 e. The Kier molecular flexibility index (Phi) is 5.77. The molecule has 0 bridgehead atoms. The van der Waals surface area contributed by atoms with E-state index in [2.05, 4.69) is 10.6 Å². The van der Waals surface area contributed by atoms with Crippen molar-refractivity contribution in [1.82, 2.24) is 14.8 Å². The molecule has 172 valence electrons. The van der Waals surface area contributed by atoms with E-state index < -0.39 is 6.04 Å². The maximum absolute atomic E-state index is 13.6. The number of allylic oxidation sites excluding steroid dienone is 1. The number of benzene rings is 2. The quantitative estimate of drug-likeness (QED) is 0.412. The molecule has 1 atom stereocenters. The molecule has 8 nitrogen and oxygen atoms in total. The van der Waals surface area contributed by atoms with Crippen LogP contribution in [-0.4, -0.2) is 34.9 Å². The molecule has 0 radical (unpaired) electrons. The average Bonchev–Trinajstić information content (AvgIpc) is 3.53. The third-order valence-electron chi connectivity index (χ3n) is 5.63. The summed E-state index contributed by atoms with van der Waals surface area (Å²) in [5, 5.41) is 13.0. The minimum atomic E-state index is -0.488. The highest BCUT2D eigenvalue weighted by Crippen LogP contribution is 2.38. The van der Waals surface area contributed by atoms with Crippen molar-refractivity contribution >= 4 is 28.9 Å². The van der Waals surface area contributed by atoms with Gasteiger partial charge in [0.25, 0.3) is 5.91 Å². The van der Waals surface area contributed by atoms with Crippen molar-refractivity contribution < 1.29 is 14.3 Å². The number of rotatable bonds is 6. The normalized spacial score (nSPS) is 14.9. The van der Waals surface area contributed by atoms with Crippen molar-refractivity contribution in [2.75, 3.05) is 24.9 Å². The molecule has 0 aliphatic carbocycles. The van der Waals surface area contributed by atoms with Gasteiger partial charge in [0, 0.05) is 5.70 Å². The second-order valence-electron chi connectivity index (χ2n) is 7.67. The van der Waals surface area contributed by atoms with Gasteiger partial charge < -0.3 is 20.1 Å². The van der Waals surface area contributed by atoms with E-state index >= 15 is 0 Å². The van der Waals surface area contributed by atoms with Crippen LogP contribution in [0, 0.1) is 0 Å². The van der Waals surface area contributed by atoms with Gasteiger partial charge in [0.1, 0.15) is 17.5 Å². The summed E-state index contributed by atoms with van der Waals surface area (Å²) in [5.41, 5.74) is 2.71. The predicted molar refractivity (Wildman–Crippen MR) is 132 cm³/mol. The lowest BCUT2D eigenvalue weighted by Crippen LogP contribution is -2.31. The van der Waals surface area contributed by atoms with Crippen LogP contribution in [0.2, 0.25) is 0 Å². The van der Waals surface area contributed by atoms with Crippen LogP contribution in [0.3, 0.4) is 0 Å². The van der Waals surface area contributed by atoms with Crippen molar-refractivity contribution in [3.05, 3.63) is 82.9 Å². The van der Waals surface area contributed by atoms with E-state index in [4.69, 9.17) is 19.6 Å². The third-order valence-corrected chi connectivity index (χ3v) is 6.49. The number of methoxy groups -OCH3 is 2. The van der Waals surface area contributed by atoms with Crippen LogP contribution >= 0.6 is 11.3 Å². The van der Waals surface area contributed by atoms with Crippen molar-refractivity contribution in [3.63, 3.8) is 0 Å². The molecule has 0 unspecified atom stereocenters. The fraction of sp³-hybridized carbons (Fsp3) is 0.160. The third kappa shape index (κ3) is 3.90. The van der Waals surface area contributed by atoms with Gasteiger partial charge in [-0.15, -0.1) is 16.4 Å². The van der Waals surface area contributed by atoms with Crippen LogP contribution in [0.1, 0.15) is 18.5 Å². The van der Waals surface area contributed by atoms with E-state index in [9.17, 15) is 4.79 Å². The summed E-state index contributed by atoms with van der Waals surface area (Å²) in [6.45, 7) is 1.87. The number of nitrogens with zero attached hydrogens (tertiary/aromatic N) is 3. The molecule has 0 saturated heterocycles. The molecule has 0 saturated carbocycles. The van der Waals surface area contributed by atoms with Crippen molar-refractivity contribution in [1.29, 1.82) is 0 Å². The van der Waals surface area contributed by atoms with E-state index in [1.807, 2.05) is 60.8 Å². The molecule has 2 N–H and O–H groups in total. The second kappa shape index (κ2) is 9.03. The minimum Gasteiger partial charge on any atom is -0.497 e. The maximum atomic E-state index is 13.6. The molecule has 34 heavy (non-hydrogen) atoms. The summed E-state index contributed by atoms with van der Waals surface area (Å²) in [7, 11) is 3.20. The van der Waals surface area contributed by atoms with Crippen LogP contribution < -0.4 is 20.1 Å². The zero-order chi connectivity index (χ0) is 23.7. The van der Waals surface area contributed by atoms with Crippen molar-refractivity contribution in [3.8, 4) is 22.2 Å². The molecule has 1 amide bonds. The first-order valence-corrected chi connectivity index (χ1v) is 11.5. The standard InChI is InChI=1S/C25H23N5O3S/c1-15-21(24(31)27-18-7-4-5-8-19(18)33-3)22(16-10-12-17(32-2)13-11-16)30-25(26-15)28-23(29-30)20-9-6-14-34-20/h4-14,22H,1-3H3,(H,27,31)(H,26,28,29)/t22-/m1/s1. The highest BCUT2D eigenvalue weighted by atomic mass is 32.1. The van der Waals surface area contributed by atoms with Gasteiger partial charge in [-0.25, -0.2) is 4.68 Å². The number of para-hydroxylation sites is 2. The summed E-state index contributed by atoms with van der Waals surface area (Å²) in [6, 6.07) is 18.4. The number of fused-ring (bicyclic) bond motifs is 1. The molecular weight excluding hydrogens is 450 g/mol. The number of carbonyl (C=O) groups is 1. The number of anilines is 2. The fourth-order valence-electron chi connectivity index (χ4n) is 3.99. The Labute approximate surface area is 200 Å². The maximum Gasteiger partial charge on any atom is 0.255 e. The van der Waals surface area contributed by atoms with E-state index in [0.29, 0.717) is 34.5 Å². The lowest BCUT2D eigenvalue weighted by Gasteiger charge is -2.29. The molecule has 9 heteroatoms. The Bertz CT molecular complexity index is 1360. The van der Waals surface area contributed by atoms with Crippen LogP contribution in [0.5, 0.6) is 11.5 Å². The van der Waals surface area contributed by atoms with Crippen LogP contribution in [0.25, 0.3) is 10.7 Å². The molecule has 0 fully saturated rings. The smallest absolute Gasteiger partial charge is 0.255 e. The number of amides is 1. The number of carbonyl (C=O) groups excluding carboxylic acids is 1. The Morgan fingerprint density at radius 3 is 2.56 bits per heavy atom. The van der Waals surface area contributed by atoms with Gasteiger partial charge in [-0.05, 0) is 48.2 Å². The van der Waals surface area contributed by atoms with Gasteiger partial charge in [0.15, 0.2) is 5.82 Å². The molecule has 0 spiro atoms. The Morgan fingerprint density at radius 1 is 1.06 bits per heavy atom. The first kappa shape index (κ1) is 21.7. The van der Waals surface area contributed by atoms with E-state index in [0.717, 1.165) is 16.2 Å². The molecule has 3 heterocycles. The van der Waals surface area contributed by atoms with E-state index in [1.54, 1.807) is 42.4 Å². The SMILES string of the molecule is COc1ccc([C@@H]2C(C(=O)Nc3ccccc3OC)=C(C)Nc3nc(-c4cccs4)nn32)cc1. The summed E-state index contributed by atoms with van der Waals surface area (Å²) < 4.78 is 12.5. The van der Waals surface area contributed by atoms with Gasteiger partial charge in [-0.1, -0.05) is 30.3 Å². The lowest BCUT2D eigenvalue weighted by molar-refractivity contribution is -0.113.